The third-order valence-corrected chi connectivity index (χ3v) is 19.3. The molecule has 6 heteroatoms. The topological polar surface area (TPSA) is 9.72 Å². The minimum atomic E-state index is -1.37. The van der Waals surface area contributed by atoms with Crippen molar-refractivity contribution in [2.24, 2.45) is 0 Å². The molecular weight excluding hydrogens is 318 g/mol. The lowest BCUT2D eigenvalue weighted by Crippen LogP contribution is -2.75. The van der Waals surface area contributed by atoms with Crippen molar-refractivity contribution < 1.29 is 0 Å². The fourth-order valence-corrected chi connectivity index (χ4v) is 20.5. The van der Waals surface area contributed by atoms with Crippen molar-refractivity contribution in [3.05, 3.63) is 0 Å². The monoisotopic (exact) mass is 358 g/mol. The van der Waals surface area contributed by atoms with Crippen LogP contribution in [0.1, 0.15) is 41.5 Å². The minimum Gasteiger partial charge on any atom is -0.343 e. The van der Waals surface area contributed by atoms with Gasteiger partial charge in [-0.05, 0) is 41.5 Å². The quantitative estimate of drug-likeness (QED) is 0.701. The van der Waals surface area contributed by atoms with Crippen molar-refractivity contribution in [1.82, 2.24) is 13.0 Å². The molecule has 1 aliphatic rings. The molecule has 0 aromatic carbocycles. The van der Waals surface area contributed by atoms with Crippen molar-refractivity contribution in [1.29, 1.82) is 0 Å². The Labute approximate surface area is 144 Å². The first kappa shape index (κ1) is 20.6. The minimum absolute atomic E-state index is 0.256. The maximum absolute atomic E-state index is 3.08. The number of nitrogens with zero attached hydrogens (tertiary/aromatic N) is 3. The Morgan fingerprint density at radius 1 is 0.682 bits per heavy atom. The van der Waals surface area contributed by atoms with E-state index in [9.17, 15) is 0 Å². The van der Waals surface area contributed by atoms with E-state index in [1.165, 1.54) is 13.1 Å². The van der Waals surface area contributed by atoms with E-state index in [-0.39, 0.29) is 11.1 Å². The molecule has 0 unspecified atom stereocenters. The van der Waals surface area contributed by atoms with Gasteiger partial charge < -0.3 is 3.90 Å². The van der Waals surface area contributed by atoms with Gasteiger partial charge in [-0.1, -0.05) is 39.3 Å². The van der Waals surface area contributed by atoms with E-state index in [0.29, 0.717) is 0 Å². The van der Waals surface area contributed by atoms with Crippen molar-refractivity contribution in [3.63, 3.8) is 0 Å². The van der Waals surface area contributed by atoms with Crippen LogP contribution in [-0.2, 0) is 0 Å². The van der Waals surface area contributed by atoms with Crippen LogP contribution in [0.4, 0.5) is 0 Å². The summed E-state index contributed by atoms with van der Waals surface area (Å²) in [4.78, 5) is 0. The standard InChI is InChI=1S/C16H40N3Si3/c1-15(2,3)17-13-14-18(16(4,5)6)20(17)19(21(7,8)9)22(10,11)12/h13-14H2,1-12H3. The molecule has 0 atom stereocenters. The van der Waals surface area contributed by atoms with Gasteiger partial charge in [0.1, 0.15) is 16.5 Å². The van der Waals surface area contributed by atoms with Crippen LogP contribution in [0.3, 0.4) is 0 Å². The second kappa shape index (κ2) is 6.11. The summed E-state index contributed by atoms with van der Waals surface area (Å²) >= 11 is 0. The number of rotatable bonds is 3. The summed E-state index contributed by atoms with van der Waals surface area (Å²) in [5.41, 5.74) is 0.512. The molecule has 0 N–H and O–H groups in total. The van der Waals surface area contributed by atoms with Crippen LogP contribution in [-0.4, -0.2) is 62.9 Å². The van der Waals surface area contributed by atoms with Gasteiger partial charge in [0, 0.05) is 24.2 Å². The first-order chi connectivity index (χ1) is 9.47. The average molecular weight is 359 g/mol. The Kier molecular flexibility index (Phi) is 5.72. The first-order valence-electron chi connectivity index (χ1n) is 8.70. The van der Waals surface area contributed by atoms with Gasteiger partial charge in [0.25, 0.3) is 0 Å². The lowest BCUT2D eigenvalue weighted by atomic mass is 10.1. The van der Waals surface area contributed by atoms with E-state index in [4.69, 9.17) is 0 Å². The van der Waals surface area contributed by atoms with Crippen molar-refractivity contribution in [2.45, 2.75) is 91.9 Å². The van der Waals surface area contributed by atoms with Gasteiger partial charge in [0.05, 0.1) is 0 Å². The third kappa shape index (κ3) is 4.54. The Morgan fingerprint density at radius 2 is 0.955 bits per heavy atom. The van der Waals surface area contributed by atoms with E-state index in [0.717, 1.165) is 0 Å². The second-order valence-electron chi connectivity index (χ2n) is 10.6. The van der Waals surface area contributed by atoms with Crippen LogP contribution >= 0.6 is 0 Å². The van der Waals surface area contributed by atoms with E-state index >= 15 is 0 Å². The van der Waals surface area contributed by atoms with Crippen LogP contribution in [0.15, 0.2) is 0 Å². The SMILES string of the molecule is CC(C)(C)N1CCN(C(C)(C)C)[Si]1N([Si](C)(C)C)[Si](C)(C)C. The molecule has 1 radical (unpaired) electrons. The highest BCUT2D eigenvalue weighted by Gasteiger charge is 2.53. The Morgan fingerprint density at radius 3 is 1.14 bits per heavy atom. The van der Waals surface area contributed by atoms with E-state index in [1.54, 1.807) is 0 Å². The highest BCUT2D eigenvalue weighted by Crippen LogP contribution is 2.34. The summed E-state index contributed by atoms with van der Waals surface area (Å²) in [6.07, 6.45) is 0. The third-order valence-electron chi connectivity index (χ3n) is 4.19. The molecule has 0 aliphatic carbocycles. The first-order valence-corrected chi connectivity index (χ1v) is 16.9. The summed E-state index contributed by atoms with van der Waals surface area (Å²) in [6, 6.07) is 0. The molecule has 0 aromatic heterocycles. The summed E-state index contributed by atoms with van der Waals surface area (Å²) in [5.74, 6) is 0. The summed E-state index contributed by atoms with van der Waals surface area (Å²) < 4.78 is 8.77. The Balaban J connectivity index is 3.41. The van der Waals surface area contributed by atoms with Gasteiger partial charge in [-0.25, -0.2) is 0 Å². The number of hydrogen-bond acceptors (Lipinski definition) is 3. The maximum atomic E-state index is 3.08. The highest BCUT2D eigenvalue weighted by molar-refractivity contribution is 6.98. The second-order valence-corrected chi connectivity index (χ2v) is 23.7. The number of hydrogen-bond donors (Lipinski definition) is 0. The van der Waals surface area contributed by atoms with Crippen LogP contribution in [0.25, 0.3) is 0 Å². The molecule has 0 bridgehead atoms. The molecule has 3 nitrogen and oxygen atoms in total. The van der Waals surface area contributed by atoms with Gasteiger partial charge in [-0.3, -0.25) is 9.13 Å². The van der Waals surface area contributed by atoms with Crippen molar-refractivity contribution >= 4 is 25.8 Å². The molecule has 131 valence electrons. The van der Waals surface area contributed by atoms with Crippen molar-refractivity contribution in [2.75, 3.05) is 13.1 Å². The molecule has 0 saturated carbocycles. The van der Waals surface area contributed by atoms with E-state index < -0.39 is 25.8 Å². The molecule has 1 saturated heterocycles. The molecule has 1 fully saturated rings. The van der Waals surface area contributed by atoms with Gasteiger partial charge >= 0.3 is 9.28 Å². The predicted octanol–water partition coefficient (Wildman–Crippen LogP) is 4.16. The Hall–Kier alpha value is 0.531. The fourth-order valence-electron chi connectivity index (χ4n) is 3.66. The smallest absolute Gasteiger partial charge is 0.314 e. The average Bonchev–Trinajstić information content (AvgIpc) is 2.54. The summed E-state index contributed by atoms with van der Waals surface area (Å²) in [5, 5.41) is 0. The maximum Gasteiger partial charge on any atom is 0.314 e. The summed E-state index contributed by atoms with van der Waals surface area (Å²) in [6.45, 7) is 32.1. The van der Waals surface area contributed by atoms with Gasteiger partial charge in [0.2, 0.25) is 0 Å². The van der Waals surface area contributed by atoms with Crippen LogP contribution in [0, 0.1) is 0 Å². The lowest BCUT2D eigenvalue weighted by Gasteiger charge is -2.54. The predicted molar refractivity (Wildman–Crippen MR) is 107 cm³/mol. The molecule has 1 aliphatic heterocycles. The molecular formula is C16H40N3Si3. The van der Waals surface area contributed by atoms with Gasteiger partial charge in [0.15, 0.2) is 0 Å². The normalized spacial score (nSPS) is 21.1. The lowest BCUT2D eigenvalue weighted by molar-refractivity contribution is 0.252. The van der Waals surface area contributed by atoms with Crippen LogP contribution in [0.2, 0.25) is 39.3 Å². The largest absolute Gasteiger partial charge is 0.343 e. The Bertz CT molecular complexity index is 349. The molecule has 22 heavy (non-hydrogen) atoms. The zero-order valence-electron chi connectivity index (χ0n) is 17.3. The molecule has 1 heterocycles. The zero-order valence-corrected chi connectivity index (χ0v) is 20.3. The molecule has 1 rings (SSSR count). The van der Waals surface area contributed by atoms with Gasteiger partial charge in [-0.15, -0.1) is 0 Å². The van der Waals surface area contributed by atoms with E-state index in [2.05, 4.69) is 93.9 Å². The van der Waals surface area contributed by atoms with Crippen LogP contribution in [0.5, 0.6) is 0 Å². The van der Waals surface area contributed by atoms with Crippen LogP contribution < -0.4 is 0 Å². The van der Waals surface area contributed by atoms with Crippen molar-refractivity contribution in [3.8, 4) is 0 Å². The van der Waals surface area contributed by atoms with Gasteiger partial charge in [-0.2, -0.15) is 0 Å². The zero-order chi connectivity index (χ0) is 17.7. The fraction of sp³-hybridized carbons (Fsp3) is 1.00. The summed E-state index contributed by atoms with van der Waals surface area (Å²) in [7, 11) is -3.58. The molecule has 0 aromatic rings. The van der Waals surface area contributed by atoms with E-state index in [1.807, 2.05) is 0 Å². The molecule has 0 spiro atoms. The molecule has 0 amide bonds. The highest BCUT2D eigenvalue weighted by atomic mass is 28.5.